The van der Waals surface area contributed by atoms with Crippen LogP contribution in [0.3, 0.4) is 0 Å². The number of esters is 1. The Balaban J connectivity index is 2.15. The Morgan fingerprint density at radius 2 is 1.89 bits per heavy atom. The highest BCUT2D eigenvalue weighted by Gasteiger charge is 2.07. The average Bonchev–Trinajstić information content (AvgIpc) is 2.47. The molecule has 0 aliphatic rings. The zero-order chi connectivity index (χ0) is 13.5. The predicted molar refractivity (Wildman–Crippen MR) is 75.6 cm³/mol. The van der Waals surface area contributed by atoms with Crippen LogP contribution in [0, 0.1) is 0 Å². The molecule has 0 saturated heterocycles. The Morgan fingerprint density at radius 3 is 2.63 bits per heavy atom. The Labute approximate surface area is 112 Å². The minimum Gasteiger partial charge on any atom is -0.461 e. The molecule has 0 aliphatic carbocycles. The van der Waals surface area contributed by atoms with E-state index in [0.29, 0.717) is 12.3 Å². The van der Waals surface area contributed by atoms with Crippen molar-refractivity contribution in [2.24, 2.45) is 0 Å². The molecular formula is C16H15NO2. The van der Waals surface area contributed by atoms with Crippen LogP contribution in [0.4, 0.5) is 0 Å². The SMILES string of the molecule is CCOC(=O)c1cccc(C=Cc2ccccc2)n1. The summed E-state index contributed by atoms with van der Waals surface area (Å²) in [5.41, 5.74) is 2.15. The molecule has 19 heavy (non-hydrogen) atoms. The van der Waals surface area contributed by atoms with Gasteiger partial charge in [0.05, 0.1) is 12.3 Å². The summed E-state index contributed by atoms with van der Waals surface area (Å²) in [5, 5.41) is 0. The summed E-state index contributed by atoms with van der Waals surface area (Å²) in [7, 11) is 0. The number of carbonyl (C=O) groups is 1. The van der Waals surface area contributed by atoms with Crippen molar-refractivity contribution in [1.82, 2.24) is 4.98 Å². The highest BCUT2D eigenvalue weighted by Crippen LogP contribution is 2.07. The smallest absolute Gasteiger partial charge is 0.356 e. The predicted octanol–water partition coefficient (Wildman–Crippen LogP) is 3.43. The molecule has 0 radical (unpaired) electrons. The van der Waals surface area contributed by atoms with Crippen molar-refractivity contribution >= 4 is 18.1 Å². The molecule has 2 rings (SSSR count). The van der Waals surface area contributed by atoms with Crippen LogP contribution in [-0.2, 0) is 4.74 Å². The van der Waals surface area contributed by atoms with Crippen molar-refractivity contribution < 1.29 is 9.53 Å². The van der Waals surface area contributed by atoms with Gasteiger partial charge in [-0.3, -0.25) is 0 Å². The maximum absolute atomic E-state index is 11.6. The van der Waals surface area contributed by atoms with Gasteiger partial charge >= 0.3 is 5.97 Å². The number of rotatable bonds is 4. The van der Waals surface area contributed by atoms with E-state index in [0.717, 1.165) is 11.3 Å². The molecule has 96 valence electrons. The van der Waals surface area contributed by atoms with Crippen molar-refractivity contribution in [3.05, 3.63) is 65.5 Å². The zero-order valence-corrected chi connectivity index (χ0v) is 10.7. The zero-order valence-electron chi connectivity index (χ0n) is 10.7. The van der Waals surface area contributed by atoms with Gasteiger partial charge < -0.3 is 4.74 Å². The summed E-state index contributed by atoms with van der Waals surface area (Å²) in [6.07, 6.45) is 3.83. The minimum atomic E-state index is -0.391. The number of benzene rings is 1. The molecule has 0 aliphatic heterocycles. The Hall–Kier alpha value is -2.42. The topological polar surface area (TPSA) is 39.2 Å². The van der Waals surface area contributed by atoms with Crippen LogP contribution in [-0.4, -0.2) is 17.6 Å². The van der Waals surface area contributed by atoms with Crippen molar-refractivity contribution in [3.63, 3.8) is 0 Å². The fraction of sp³-hybridized carbons (Fsp3) is 0.125. The van der Waals surface area contributed by atoms with Gasteiger partial charge in [0, 0.05) is 0 Å². The molecule has 3 nitrogen and oxygen atoms in total. The van der Waals surface area contributed by atoms with Crippen molar-refractivity contribution in [1.29, 1.82) is 0 Å². The number of carbonyl (C=O) groups excluding carboxylic acids is 1. The fourth-order valence-electron chi connectivity index (χ4n) is 1.61. The van der Waals surface area contributed by atoms with Crippen LogP contribution in [0.5, 0.6) is 0 Å². The van der Waals surface area contributed by atoms with Crippen LogP contribution in [0.2, 0.25) is 0 Å². The maximum Gasteiger partial charge on any atom is 0.356 e. The van der Waals surface area contributed by atoms with Crippen LogP contribution in [0.15, 0.2) is 48.5 Å². The van der Waals surface area contributed by atoms with E-state index in [9.17, 15) is 4.79 Å². The molecule has 0 bridgehead atoms. The highest BCUT2D eigenvalue weighted by atomic mass is 16.5. The summed E-state index contributed by atoms with van der Waals surface area (Å²) in [5.74, 6) is -0.391. The summed E-state index contributed by atoms with van der Waals surface area (Å²) < 4.78 is 4.92. The Morgan fingerprint density at radius 1 is 1.11 bits per heavy atom. The second kappa shape index (κ2) is 6.50. The van der Waals surface area contributed by atoms with Gasteiger partial charge in [0.25, 0.3) is 0 Å². The lowest BCUT2D eigenvalue weighted by molar-refractivity contribution is 0.0519. The standard InChI is InChI=1S/C16H15NO2/c1-2-19-16(18)15-10-6-9-14(17-15)12-11-13-7-4-3-5-8-13/h3-12H,2H2,1H3. The number of hydrogen-bond donors (Lipinski definition) is 0. The van der Waals surface area contributed by atoms with Crippen LogP contribution in [0.25, 0.3) is 12.2 Å². The molecule has 3 heteroatoms. The monoisotopic (exact) mass is 253 g/mol. The van der Waals surface area contributed by atoms with Gasteiger partial charge in [0.15, 0.2) is 0 Å². The number of pyridine rings is 1. The summed E-state index contributed by atoms with van der Waals surface area (Å²) >= 11 is 0. The lowest BCUT2D eigenvalue weighted by Gasteiger charge is -2.01. The lowest BCUT2D eigenvalue weighted by Crippen LogP contribution is -2.07. The minimum absolute atomic E-state index is 0.331. The van der Waals surface area contributed by atoms with E-state index in [1.54, 1.807) is 19.1 Å². The van der Waals surface area contributed by atoms with E-state index >= 15 is 0 Å². The second-order valence-electron chi connectivity index (χ2n) is 3.91. The first kappa shape index (κ1) is 13.0. The summed E-state index contributed by atoms with van der Waals surface area (Å²) in [4.78, 5) is 15.8. The molecule has 0 fully saturated rings. The van der Waals surface area contributed by atoms with Gasteiger partial charge in [-0.05, 0) is 30.7 Å². The van der Waals surface area contributed by atoms with Crippen molar-refractivity contribution in [3.8, 4) is 0 Å². The Bertz CT molecular complexity index is 576. The molecule has 0 saturated carbocycles. The van der Waals surface area contributed by atoms with E-state index in [4.69, 9.17) is 4.74 Å². The number of nitrogens with zero attached hydrogens (tertiary/aromatic N) is 1. The molecule has 0 amide bonds. The second-order valence-corrected chi connectivity index (χ2v) is 3.91. The first-order valence-electron chi connectivity index (χ1n) is 6.17. The first-order valence-corrected chi connectivity index (χ1v) is 6.17. The molecule has 0 unspecified atom stereocenters. The quantitative estimate of drug-likeness (QED) is 0.784. The Kier molecular flexibility index (Phi) is 4.45. The highest BCUT2D eigenvalue weighted by molar-refractivity contribution is 5.87. The van der Waals surface area contributed by atoms with Gasteiger partial charge in [-0.25, -0.2) is 9.78 Å². The average molecular weight is 253 g/mol. The summed E-state index contributed by atoms with van der Waals surface area (Å²) in [6, 6.07) is 15.2. The van der Waals surface area contributed by atoms with Crippen LogP contribution < -0.4 is 0 Å². The molecule has 0 spiro atoms. The first-order chi connectivity index (χ1) is 9.29. The molecule has 1 aromatic heterocycles. The van der Waals surface area contributed by atoms with Gasteiger partial charge in [0.2, 0.25) is 0 Å². The van der Waals surface area contributed by atoms with E-state index < -0.39 is 5.97 Å². The lowest BCUT2D eigenvalue weighted by atomic mass is 10.2. The third kappa shape index (κ3) is 3.78. The molecule has 1 aromatic carbocycles. The van der Waals surface area contributed by atoms with Crippen molar-refractivity contribution in [2.75, 3.05) is 6.61 Å². The number of hydrogen-bond acceptors (Lipinski definition) is 3. The summed E-state index contributed by atoms with van der Waals surface area (Å²) in [6.45, 7) is 2.13. The maximum atomic E-state index is 11.6. The molecule has 0 atom stereocenters. The fourth-order valence-corrected chi connectivity index (χ4v) is 1.61. The van der Waals surface area contributed by atoms with Gasteiger partial charge in [-0.2, -0.15) is 0 Å². The molecule has 0 N–H and O–H groups in total. The van der Waals surface area contributed by atoms with Crippen LogP contribution >= 0.6 is 0 Å². The number of aromatic nitrogens is 1. The van der Waals surface area contributed by atoms with E-state index in [-0.39, 0.29) is 0 Å². The molecule has 2 aromatic rings. The van der Waals surface area contributed by atoms with Crippen molar-refractivity contribution in [2.45, 2.75) is 6.92 Å². The largest absolute Gasteiger partial charge is 0.461 e. The van der Waals surface area contributed by atoms with E-state index in [2.05, 4.69) is 4.98 Å². The molecular weight excluding hydrogens is 238 g/mol. The normalized spacial score (nSPS) is 10.6. The van der Waals surface area contributed by atoms with Gasteiger partial charge in [-0.15, -0.1) is 0 Å². The van der Waals surface area contributed by atoms with E-state index in [1.807, 2.05) is 48.6 Å². The third-order valence-corrected chi connectivity index (χ3v) is 2.50. The van der Waals surface area contributed by atoms with E-state index in [1.165, 1.54) is 0 Å². The van der Waals surface area contributed by atoms with Crippen LogP contribution in [0.1, 0.15) is 28.7 Å². The number of ether oxygens (including phenoxy) is 1. The van der Waals surface area contributed by atoms with Gasteiger partial charge in [-0.1, -0.05) is 42.5 Å². The third-order valence-electron chi connectivity index (χ3n) is 2.50. The van der Waals surface area contributed by atoms with Gasteiger partial charge in [0.1, 0.15) is 5.69 Å². The molecule has 1 heterocycles.